The third kappa shape index (κ3) is 47.8. The Balaban J connectivity index is 4.54. The highest BCUT2D eigenvalue weighted by atomic mass is 16.5. The summed E-state index contributed by atoms with van der Waals surface area (Å²) >= 11 is 0. The van der Waals surface area contributed by atoms with Gasteiger partial charge in [-0.3, -0.25) is 33.9 Å². The number of nitrogens with one attached hydrogen (secondary N) is 2. The Bertz CT molecular complexity index is 1590. The zero-order valence-corrected chi connectivity index (χ0v) is 47.4. The van der Waals surface area contributed by atoms with Crippen LogP contribution in [0, 0.1) is 11.8 Å². The SMILES string of the molecule is C=CC(C/C=C\COC(=O)CCN(CCCN(CCO)CCO)CCC(=O)OC/C=C/CCC(C=C)C/C=C\CCOC(=O)CCNCCCN(CCO)CCO)CC/C=C/COC(=O)CCNCCCN(CCO)CCO. The average molecular weight is 1110 g/mol. The van der Waals surface area contributed by atoms with E-state index in [1.54, 1.807) is 0 Å². The van der Waals surface area contributed by atoms with Crippen LogP contribution in [-0.2, 0) is 38.1 Å². The van der Waals surface area contributed by atoms with E-state index in [0.29, 0.717) is 104 Å². The van der Waals surface area contributed by atoms with Crippen molar-refractivity contribution in [3.8, 4) is 0 Å². The van der Waals surface area contributed by atoms with E-state index in [2.05, 4.69) is 29.9 Å². The van der Waals surface area contributed by atoms with Crippen molar-refractivity contribution >= 4 is 23.9 Å². The van der Waals surface area contributed by atoms with E-state index in [1.165, 1.54) is 0 Å². The molecule has 0 bridgehead atoms. The summed E-state index contributed by atoms with van der Waals surface area (Å²) in [4.78, 5) is 57.6. The Kier molecular flexibility index (Phi) is 53.1. The second-order valence-electron chi connectivity index (χ2n) is 18.8. The van der Waals surface area contributed by atoms with E-state index in [4.69, 9.17) is 39.4 Å². The lowest BCUT2D eigenvalue weighted by Gasteiger charge is -2.24. The molecule has 0 aromatic rings. The van der Waals surface area contributed by atoms with Crippen molar-refractivity contribution in [2.75, 3.05) is 171 Å². The van der Waals surface area contributed by atoms with Crippen molar-refractivity contribution in [2.45, 2.75) is 89.9 Å². The highest BCUT2D eigenvalue weighted by Crippen LogP contribution is 2.15. The van der Waals surface area contributed by atoms with Gasteiger partial charge in [0.05, 0.1) is 71.9 Å². The molecule has 450 valence electrons. The zero-order valence-electron chi connectivity index (χ0n) is 47.4. The molecule has 78 heavy (non-hydrogen) atoms. The Morgan fingerprint density at radius 1 is 0.385 bits per heavy atom. The molecule has 2 atom stereocenters. The molecule has 2 unspecified atom stereocenters. The number of carbonyl (C=O) groups is 4. The maximum atomic E-state index is 12.7. The largest absolute Gasteiger partial charge is 0.465 e. The molecule has 0 fully saturated rings. The van der Waals surface area contributed by atoms with Crippen LogP contribution in [0.25, 0.3) is 0 Å². The lowest BCUT2D eigenvalue weighted by molar-refractivity contribution is -0.144. The Hall–Kier alpha value is -4.16. The van der Waals surface area contributed by atoms with E-state index in [0.717, 1.165) is 77.5 Å². The maximum Gasteiger partial charge on any atom is 0.307 e. The molecule has 0 aromatic carbocycles. The Morgan fingerprint density at radius 3 is 1.12 bits per heavy atom. The molecule has 0 aliphatic rings. The number of nitrogens with zero attached hydrogens (tertiary/aromatic N) is 4. The summed E-state index contributed by atoms with van der Waals surface area (Å²) in [6.45, 7) is 18.0. The first-order valence-electron chi connectivity index (χ1n) is 28.5. The van der Waals surface area contributed by atoms with Crippen molar-refractivity contribution < 1.29 is 68.8 Å². The molecule has 0 amide bonds. The smallest absolute Gasteiger partial charge is 0.307 e. The van der Waals surface area contributed by atoms with Crippen LogP contribution >= 0.6 is 0 Å². The number of esters is 4. The molecule has 0 saturated carbocycles. The van der Waals surface area contributed by atoms with Crippen molar-refractivity contribution in [1.29, 1.82) is 0 Å². The van der Waals surface area contributed by atoms with Crippen LogP contribution in [0.5, 0.6) is 0 Å². The number of allylic oxidation sites excluding steroid dienone is 6. The first-order chi connectivity index (χ1) is 38.1. The molecule has 0 aromatic heterocycles. The number of aliphatic hydroxyl groups is 6. The summed E-state index contributed by atoms with van der Waals surface area (Å²) in [5, 5.41) is 61.7. The van der Waals surface area contributed by atoms with Gasteiger partial charge in [-0.15, -0.1) is 13.2 Å². The molecule has 0 saturated heterocycles. The van der Waals surface area contributed by atoms with Crippen molar-refractivity contribution in [2.24, 2.45) is 11.8 Å². The highest BCUT2D eigenvalue weighted by Gasteiger charge is 2.14. The normalized spacial score (nSPS) is 12.8. The summed E-state index contributed by atoms with van der Waals surface area (Å²) in [5.74, 6) is -0.707. The standard InChI is InChI=1S/C58H104N6O14/c1-3-53(19-8-5-12-49-75-55(71)23-29-59-27-16-31-62(37-43-65)38-44-66)20-9-7-14-51-77-57(73)25-35-61(33-18-34-64(41-47-69)42-48-70)36-26-58(74)78-52-15-11-22-54(4-2)21-10-6-13-50-76-56(72)24-30-60-28-17-32-63(39-45-67)40-46-68/h3-8,11,13-15,53-54,59-60,65-70H,1-2,9-10,12,16-52H2/b8-5-,13-6+,14-7+,15-11-. The lowest BCUT2D eigenvalue weighted by atomic mass is 9.99. The summed E-state index contributed by atoms with van der Waals surface area (Å²) in [6, 6.07) is 0. The van der Waals surface area contributed by atoms with E-state index in [1.807, 2.05) is 74.3 Å². The number of ether oxygens (including phenoxy) is 4. The minimum absolute atomic E-state index is 0.0170. The fourth-order valence-electron chi connectivity index (χ4n) is 8.03. The fourth-order valence-corrected chi connectivity index (χ4v) is 8.03. The van der Waals surface area contributed by atoms with Gasteiger partial charge < -0.3 is 65.1 Å². The minimum atomic E-state index is -0.348. The van der Waals surface area contributed by atoms with Gasteiger partial charge in [0.1, 0.15) is 19.8 Å². The lowest BCUT2D eigenvalue weighted by Crippen LogP contribution is -2.35. The second-order valence-corrected chi connectivity index (χ2v) is 18.8. The van der Waals surface area contributed by atoms with Crippen molar-refractivity contribution in [3.63, 3.8) is 0 Å². The van der Waals surface area contributed by atoms with Crippen LogP contribution in [0.4, 0.5) is 0 Å². The van der Waals surface area contributed by atoms with Gasteiger partial charge >= 0.3 is 23.9 Å². The molecule has 20 heteroatoms. The van der Waals surface area contributed by atoms with Gasteiger partial charge in [0.2, 0.25) is 0 Å². The van der Waals surface area contributed by atoms with Gasteiger partial charge in [-0.25, -0.2) is 0 Å². The van der Waals surface area contributed by atoms with Crippen LogP contribution in [0.15, 0.2) is 73.9 Å². The topological polar surface area (TPSA) is 264 Å². The molecule has 0 aliphatic carbocycles. The monoisotopic (exact) mass is 1110 g/mol. The quantitative estimate of drug-likeness (QED) is 0.0188. The molecule has 0 spiro atoms. The van der Waals surface area contributed by atoms with Gasteiger partial charge in [-0.1, -0.05) is 60.8 Å². The molecular weight excluding hydrogens is 1000 g/mol. The minimum Gasteiger partial charge on any atom is -0.465 e. The Morgan fingerprint density at radius 2 is 0.718 bits per heavy atom. The predicted octanol–water partition coefficient (Wildman–Crippen LogP) is 2.79. The van der Waals surface area contributed by atoms with Gasteiger partial charge in [0, 0.05) is 65.4 Å². The Labute approximate surface area is 467 Å². The van der Waals surface area contributed by atoms with Crippen molar-refractivity contribution in [1.82, 2.24) is 30.2 Å². The maximum absolute atomic E-state index is 12.7. The van der Waals surface area contributed by atoms with Gasteiger partial charge in [-0.2, -0.15) is 0 Å². The summed E-state index contributed by atoms with van der Waals surface area (Å²) in [5.41, 5.74) is 0. The summed E-state index contributed by atoms with van der Waals surface area (Å²) in [6.07, 6.45) is 28.2. The number of rotatable bonds is 57. The molecule has 0 rings (SSSR count). The van der Waals surface area contributed by atoms with E-state index in [-0.39, 0.29) is 114 Å². The molecule has 0 heterocycles. The van der Waals surface area contributed by atoms with E-state index >= 15 is 0 Å². The molecule has 20 nitrogen and oxygen atoms in total. The van der Waals surface area contributed by atoms with Crippen LogP contribution in [-0.4, -0.2) is 245 Å². The third-order valence-corrected chi connectivity index (χ3v) is 12.6. The highest BCUT2D eigenvalue weighted by molar-refractivity contribution is 5.71. The molecular formula is C58H104N6O14. The van der Waals surface area contributed by atoms with Gasteiger partial charge in [-0.05, 0) is 115 Å². The summed E-state index contributed by atoms with van der Waals surface area (Å²) in [7, 11) is 0. The number of aliphatic hydroxyl groups excluding tert-OH is 6. The molecule has 0 aliphatic heterocycles. The van der Waals surface area contributed by atoms with E-state index in [9.17, 15) is 29.4 Å². The number of hydrogen-bond donors (Lipinski definition) is 8. The first-order valence-corrected chi connectivity index (χ1v) is 28.5. The van der Waals surface area contributed by atoms with Crippen LogP contribution in [0.3, 0.4) is 0 Å². The van der Waals surface area contributed by atoms with Crippen LogP contribution in [0.1, 0.15) is 89.9 Å². The number of hydrogen-bond acceptors (Lipinski definition) is 20. The molecule has 8 N–H and O–H groups in total. The second kappa shape index (κ2) is 56.1. The number of carbonyl (C=O) groups excluding carboxylic acids is 4. The van der Waals surface area contributed by atoms with Gasteiger partial charge in [0.25, 0.3) is 0 Å². The van der Waals surface area contributed by atoms with Crippen molar-refractivity contribution in [3.05, 3.63) is 73.9 Å². The zero-order chi connectivity index (χ0) is 57.4. The average Bonchev–Trinajstić information content (AvgIpc) is 3.42. The van der Waals surface area contributed by atoms with Gasteiger partial charge in [0.15, 0.2) is 0 Å². The fraction of sp³-hybridized carbons (Fsp3) is 0.724. The molecule has 0 radical (unpaired) electrons. The first kappa shape index (κ1) is 73.8. The van der Waals surface area contributed by atoms with Crippen LogP contribution < -0.4 is 10.6 Å². The van der Waals surface area contributed by atoms with Crippen LogP contribution in [0.2, 0.25) is 0 Å². The predicted molar refractivity (Wildman–Crippen MR) is 306 cm³/mol. The van der Waals surface area contributed by atoms with E-state index < -0.39 is 0 Å². The third-order valence-electron chi connectivity index (χ3n) is 12.6. The summed E-state index contributed by atoms with van der Waals surface area (Å²) < 4.78 is 21.6.